The zero-order valence-corrected chi connectivity index (χ0v) is 10.9. The summed E-state index contributed by atoms with van der Waals surface area (Å²) in [6, 6.07) is 6.05. The molecule has 98 valence electrons. The highest BCUT2D eigenvalue weighted by Crippen LogP contribution is 2.22. The number of hydrogen-bond donors (Lipinski definition) is 1. The number of benzene rings is 1. The van der Waals surface area contributed by atoms with Gasteiger partial charge in [-0.25, -0.2) is 4.39 Å². The molecule has 1 amide bonds. The number of rotatable bonds is 4. The van der Waals surface area contributed by atoms with Crippen molar-refractivity contribution in [3.05, 3.63) is 35.6 Å². The molecule has 0 aromatic heterocycles. The van der Waals surface area contributed by atoms with Gasteiger partial charge in [0.05, 0.1) is 6.54 Å². The van der Waals surface area contributed by atoms with E-state index in [1.54, 1.807) is 23.3 Å². The van der Waals surface area contributed by atoms with Gasteiger partial charge in [-0.2, -0.15) is 0 Å². The summed E-state index contributed by atoms with van der Waals surface area (Å²) < 4.78 is 24.0. The van der Waals surface area contributed by atoms with Gasteiger partial charge in [0.1, 0.15) is 12.0 Å². The Labute approximate surface area is 108 Å². The van der Waals surface area contributed by atoms with Gasteiger partial charge in [-0.15, -0.1) is 0 Å². The van der Waals surface area contributed by atoms with Crippen molar-refractivity contribution >= 4 is 16.7 Å². The Kier molecular flexibility index (Phi) is 4.08. The van der Waals surface area contributed by atoms with Gasteiger partial charge >= 0.3 is 0 Å². The van der Waals surface area contributed by atoms with Gasteiger partial charge in [-0.05, 0) is 17.7 Å². The molecule has 1 aliphatic heterocycles. The molecule has 1 N–H and O–H groups in total. The molecule has 1 aliphatic rings. The number of carbonyl (C=O) groups excluding carboxylic acids is 1. The predicted octanol–water partition coefficient (Wildman–Crippen LogP) is 0.635. The van der Waals surface area contributed by atoms with E-state index in [9.17, 15) is 13.4 Å². The summed E-state index contributed by atoms with van der Waals surface area (Å²) in [5.74, 6) is 0.129. The Morgan fingerprint density at radius 2 is 2.11 bits per heavy atom. The van der Waals surface area contributed by atoms with Crippen LogP contribution < -0.4 is 5.32 Å². The molecule has 1 heterocycles. The first-order valence-corrected chi connectivity index (χ1v) is 7.39. The Morgan fingerprint density at radius 1 is 1.44 bits per heavy atom. The fourth-order valence-electron chi connectivity index (χ4n) is 1.96. The molecule has 18 heavy (non-hydrogen) atoms. The highest BCUT2D eigenvalue weighted by atomic mass is 32.2. The molecular formula is C12H15FN2O2S. The lowest BCUT2D eigenvalue weighted by Gasteiger charge is -2.24. The normalized spacial score (nSPS) is 21.3. The Morgan fingerprint density at radius 3 is 2.72 bits per heavy atom. The lowest BCUT2D eigenvalue weighted by Crippen LogP contribution is -2.33. The molecule has 0 aliphatic carbocycles. The van der Waals surface area contributed by atoms with E-state index in [4.69, 9.17) is 0 Å². The van der Waals surface area contributed by atoms with E-state index in [1.165, 1.54) is 12.1 Å². The fraction of sp³-hybridized carbons (Fsp3) is 0.417. The van der Waals surface area contributed by atoms with Gasteiger partial charge in [0, 0.05) is 29.4 Å². The summed E-state index contributed by atoms with van der Waals surface area (Å²) in [5, 5.41) is 3.07. The molecule has 0 spiro atoms. The summed E-state index contributed by atoms with van der Waals surface area (Å²) in [6.45, 7) is 0.704. The lowest BCUT2D eigenvalue weighted by molar-refractivity contribution is -0.127. The van der Waals surface area contributed by atoms with Crippen LogP contribution >= 0.6 is 0 Å². The minimum Gasteiger partial charge on any atom is -0.321 e. The van der Waals surface area contributed by atoms with Crippen LogP contribution in [0.4, 0.5) is 4.39 Å². The van der Waals surface area contributed by atoms with Crippen molar-refractivity contribution in [2.45, 2.75) is 6.17 Å². The van der Waals surface area contributed by atoms with E-state index < -0.39 is 10.8 Å². The van der Waals surface area contributed by atoms with Gasteiger partial charge in [-0.1, -0.05) is 12.1 Å². The molecule has 2 rings (SSSR count). The van der Waals surface area contributed by atoms with Gasteiger partial charge in [0.2, 0.25) is 5.91 Å². The van der Waals surface area contributed by atoms with Gasteiger partial charge < -0.3 is 4.90 Å². The van der Waals surface area contributed by atoms with Crippen LogP contribution in [0.25, 0.3) is 0 Å². The Hall–Kier alpha value is -1.27. The number of amides is 1. The molecule has 0 radical (unpaired) electrons. The number of carbonyl (C=O) groups is 1. The number of nitrogens with one attached hydrogen (secondary N) is 1. The number of halogens is 1. The average molecular weight is 270 g/mol. The maximum absolute atomic E-state index is 12.9. The molecule has 1 aromatic carbocycles. The Balaban J connectivity index is 2.13. The zero-order chi connectivity index (χ0) is 13.1. The first-order chi connectivity index (χ1) is 8.58. The van der Waals surface area contributed by atoms with Gasteiger partial charge in [-0.3, -0.25) is 14.3 Å². The van der Waals surface area contributed by atoms with Crippen molar-refractivity contribution in [1.82, 2.24) is 10.2 Å². The maximum atomic E-state index is 12.9. The van der Waals surface area contributed by atoms with Crippen molar-refractivity contribution in [1.29, 1.82) is 0 Å². The SMILES string of the molecule is CS(=O)CCN1C(=O)CNC1c1ccc(F)cc1. The van der Waals surface area contributed by atoms with Crippen LogP contribution in [0.1, 0.15) is 11.7 Å². The van der Waals surface area contributed by atoms with Crippen LogP contribution in [0.15, 0.2) is 24.3 Å². The van der Waals surface area contributed by atoms with Crippen LogP contribution in [0.3, 0.4) is 0 Å². The van der Waals surface area contributed by atoms with Crippen molar-refractivity contribution in [3.63, 3.8) is 0 Å². The van der Waals surface area contributed by atoms with Gasteiger partial charge in [0.25, 0.3) is 0 Å². The maximum Gasteiger partial charge on any atom is 0.238 e. The van der Waals surface area contributed by atoms with Crippen LogP contribution in [-0.4, -0.2) is 40.1 Å². The van der Waals surface area contributed by atoms with E-state index >= 15 is 0 Å². The van der Waals surface area contributed by atoms with E-state index in [0.717, 1.165) is 5.56 Å². The van der Waals surface area contributed by atoms with Gasteiger partial charge in [0.15, 0.2) is 0 Å². The largest absolute Gasteiger partial charge is 0.321 e. The van der Waals surface area contributed by atoms with E-state index in [-0.39, 0.29) is 24.4 Å². The summed E-state index contributed by atoms with van der Waals surface area (Å²) in [5.41, 5.74) is 0.837. The molecule has 6 heteroatoms. The third-order valence-corrected chi connectivity index (χ3v) is 3.64. The molecule has 2 unspecified atom stereocenters. The minimum absolute atomic E-state index is 0.0187. The molecular weight excluding hydrogens is 255 g/mol. The predicted molar refractivity (Wildman–Crippen MR) is 67.8 cm³/mol. The van der Waals surface area contributed by atoms with Crippen molar-refractivity contribution in [2.75, 3.05) is 25.1 Å². The second-order valence-electron chi connectivity index (χ2n) is 4.20. The number of nitrogens with zero attached hydrogens (tertiary/aromatic N) is 1. The van der Waals surface area contributed by atoms with Crippen LogP contribution in [-0.2, 0) is 15.6 Å². The minimum atomic E-state index is -0.933. The van der Waals surface area contributed by atoms with Crippen LogP contribution in [0, 0.1) is 5.82 Å². The van der Waals surface area contributed by atoms with Crippen molar-refractivity contribution in [3.8, 4) is 0 Å². The quantitative estimate of drug-likeness (QED) is 0.873. The third kappa shape index (κ3) is 2.94. The number of hydrogen-bond acceptors (Lipinski definition) is 3. The second kappa shape index (κ2) is 5.58. The molecule has 2 atom stereocenters. The van der Waals surface area contributed by atoms with Crippen LogP contribution in [0.5, 0.6) is 0 Å². The average Bonchev–Trinajstić information content (AvgIpc) is 2.69. The molecule has 1 saturated heterocycles. The molecule has 0 saturated carbocycles. The first kappa shape index (κ1) is 13.2. The fourth-order valence-corrected chi connectivity index (χ4v) is 2.42. The molecule has 4 nitrogen and oxygen atoms in total. The first-order valence-electron chi connectivity index (χ1n) is 5.66. The lowest BCUT2D eigenvalue weighted by atomic mass is 10.1. The third-order valence-electron chi connectivity index (χ3n) is 2.88. The van der Waals surface area contributed by atoms with E-state index in [1.807, 2.05) is 0 Å². The summed E-state index contributed by atoms with van der Waals surface area (Å²) in [7, 11) is -0.933. The smallest absolute Gasteiger partial charge is 0.238 e. The Bertz CT molecular complexity index is 464. The van der Waals surface area contributed by atoms with Crippen LogP contribution in [0.2, 0.25) is 0 Å². The molecule has 0 bridgehead atoms. The molecule has 1 fully saturated rings. The summed E-state index contributed by atoms with van der Waals surface area (Å²) in [6.07, 6.45) is 1.36. The topological polar surface area (TPSA) is 49.4 Å². The zero-order valence-electron chi connectivity index (χ0n) is 10.1. The summed E-state index contributed by atoms with van der Waals surface area (Å²) in [4.78, 5) is 13.4. The standard InChI is InChI=1S/C12H15FN2O2S/c1-18(17)7-6-15-11(16)8-14-12(15)9-2-4-10(13)5-3-9/h2-5,12,14H,6-8H2,1H3. The second-order valence-corrected chi connectivity index (χ2v) is 5.75. The van der Waals surface area contributed by atoms with E-state index in [0.29, 0.717) is 12.3 Å². The van der Waals surface area contributed by atoms with E-state index in [2.05, 4.69) is 5.32 Å². The highest BCUT2D eigenvalue weighted by Gasteiger charge is 2.31. The monoisotopic (exact) mass is 270 g/mol. The van der Waals surface area contributed by atoms with Crippen molar-refractivity contribution < 1.29 is 13.4 Å². The highest BCUT2D eigenvalue weighted by molar-refractivity contribution is 7.84. The summed E-state index contributed by atoms with van der Waals surface area (Å²) >= 11 is 0. The molecule has 1 aromatic rings. The van der Waals surface area contributed by atoms with Crippen molar-refractivity contribution in [2.24, 2.45) is 0 Å².